The third-order valence-electron chi connectivity index (χ3n) is 3.39. The van der Waals surface area contributed by atoms with Crippen LogP contribution in [0.15, 0.2) is 35.8 Å². The maximum atomic E-state index is 11.8. The minimum absolute atomic E-state index is 0.0193. The summed E-state index contributed by atoms with van der Waals surface area (Å²) in [5.41, 5.74) is 3.10. The summed E-state index contributed by atoms with van der Waals surface area (Å²) >= 11 is 0. The molecule has 1 unspecified atom stereocenters. The Balaban J connectivity index is 2.31. The predicted octanol–water partition coefficient (Wildman–Crippen LogP) is 3.49. The average Bonchev–Trinajstić information content (AvgIpc) is 2.73. The number of hydrogen-bond acceptors (Lipinski definition) is 3. The molecule has 0 bridgehead atoms. The van der Waals surface area contributed by atoms with Gasteiger partial charge in [0, 0.05) is 18.1 Å². The zero-order valence-corrected chi connectivity index (χ0v) is 11.0. The molecule has 0 aromatic heterocycles. The minimum Gasteiger partial charge on any atom is -0.299 e. The third-order valence-corrected chi connectivity index (χ3v) is 3.39. The van der Waals surface area contributed by atoms with Gasteiger partial charge >= 0.3 is 0 Å². The van der Waals surface area contributed by atoms with Crippen LogP contribution in [-0.4, -0.2) is 11.5 Å². The maximum Gasteiger partial charge on any atom is 0.142 e. The molecule has 3 heteroatoms. The molecule has 1 aliphatic carbocycles. The lowest BCUT2D eigenvalue weighted by molar-refractivity contribution is -0.120. The van der Waals surface area contributed by atoms with Crippen LogP contribution in [-0.2, 0) is 4.79 Å². The van der Waals surface area contributed by atoms with Gasteiger partial charge in [-0.15, -0.1) is 6.58 Å². The van der Waals surface area contributed by atoms with E-state index in [2.05, 4.69) is 17.6 Å². The SMILES string of the molecule is C=CCC1CC(=Nc2c(C)cccc2C#N)CC1=O. The quantitative estimate of drug-likeness (QED) is 0.773. The van der Waals surface area contributed by atoms with Crippen molar-refractivity contribution in [3.05, 3.63) is 42.0 Å². The number of benzene rings is 1. The normalized spacial score (nSPS) is 20.5. The molecule has 0 amide bonds. The van der Waals surface area contributed by atoms with Gasteiger partial charge in [-0.1, -0.05) is 18.2 Å². The standard InChI is InChI=1S/C16H16N2O/c1-3-5-12-8-14(9-15(12)19)18-16-11(2)6-4-7-13(16)10-17/h3-4,6-7,12H,1,5,8-9H2,2H3. The zero-order chi connectivity index (χ0) is 13.8. The lowest BCUT2D eigenvalue weighted by Gasteiger charge is -2.04. The molecule has 1 fully saturated rings. The monoisotopic (exact) mass is 252 g/mol. The van der Waals surface area contributed by atoms with E-state index in [1.165, 1.54) is 0 Å². The van der Waals surface area contributed by atoms with Gasteiger partial charge < -0.3 is 0 Å². The number of nitrogens with zero attached hydrogens (tertiary/aromatic N) is 2. The number of nitriles is 1. The van der Waals surface area contributed by atoms with Gasteiger partial charge in [0.05, 0.1) is 11.3 Å². The Morgan fingerprint density at radius 3 is 3.05 bits per heavy atom. The van der Waals surface area contributed by atoms with E-state index in [0.29, 0.717) is 30.5 Å². The van der Waals surface area contributed by atoms with Crippen LogP contribution in [0.2, 0.25) is 0 Å². The van der Waals surface area contributed by atoms with Gasteiger partial charge in [0.1, 0.15) is 11.9 Å². The number of carbonyl (C=O) groups is 1. The summed E-state index contributed by atoms with van der Waals surface area (Å²) in [5, 5.41) is 9.11. The highest BCUT2D eigenvalue weighted by Crippen LogP contribution is 2.29. The molecule has 2 rings (SSSR count). The van der Waals surface area contributed by atoms with E-state index in [-0.39, 0.29) is 11.7 Å². The van der Waals surface area contributed by atoms with Crippen LogP contribution in [0.3, 0.4) is 0 Å². The Morgan fingerprint density at radius 1 is 1.58 bits per heavy atom. The van der Waals surface area contributed by atoms with Crippen molar-refractivity contribution >= 4 is 17.2 Å². The molecule has 3 nitrogen and oxygen atoms in total. The number of ketones is 1. The summed E-state index contributed by atoms with van der Waals surface area (Å²) in [6.07, 6.45) is 3.57. The topological polar surface area (TPSA) is 53.2 Å². The van der Waals surface area contributed by atoms with E-state index in [1.54, 1.807) is 12.1 Å². The van der Waals surface area contributed by atoms with E-state index in [1.807, 2.05) is 19.1 Å². The van der Waals surface area contributed by atoms with Crippen molar-refractivity contribution in [2.75, 3.05) is 0 Å². The molecule has 0 saturated heterocycles. The Kier molecular flexibility index (Phi) is 3.91. The molecule has 1 aromatic carbocycles. The van der Waals surface area contributed by atoms with Crippen LogP contribution in [0.1, 0.15) is 30.4 Å². The number of carbonyl (C=O) groups excluding carboxylic acids is 1. The fraction of sp³-hybridized carbons (Fsp3) is 0.312. The summed E-state index contributed by atoms with van der Waals surface area (Å²) in [6, 6.07) is 7.68. The molecule has 1 atom stereocenters. The van der Waals surface area contributed by atoms with Gasteiger partial charge in [0.2, 0.25) is 0 Å². The number of para-hydroxylation sites is 1. The molecule has 19 heavy (non-hydrogen) atoms. The van der Waals surface area contributed by atoms with Crippen LogP contribution in [0.4, 0.5) is 5.69 Å². The van der Waals surface area contributed by atoms with Crippen LogP contribution in [0, 0.1) is 24.2 Å². The largest absolute Gasteiger partial charge is 0.299 e. The van der Waals surface area contributed by atoms with Crippen LogP contribution < -0.4 is 0 Å². The Morgan fingerprint density at radius 2 is 2.37 bits per heavy atom. The van der Waals surface area contributed by atoms with Crippen molar-refractivity contribution in [1.29, 1.82) is 5.26 Å². The summed E-state index contributed by atoms with van der Waals surface area (Å²) < 4.78 is 0. The van der Waals surface area contributed by atoms with Crippen molar-refractivity contribution in [3.63, 3.8) is 0 Å². The summed E-state index contributed by atoms with van der Waals surface area (Å²) in [4.78, 5) is 16.4. The van der Waals surface area contributed by atoms with E-state index < -0.39 is 0 Å². The molecule has 96 valence electrons. The Bertz CT molecular complexity index is 593. The van der Waals surface area contributed by atoms with Gasteiger partial charge in [-0.3, -0.25) is 9.79 Å². The fourth-order valence-electron chi connectivity index (χ4n) is 2.37. The van der Waals surface area contributed by atoms with E-state index in [9.17, 15) is 4.79 Å². The molecule has 0 heterocycles. The first-order valence-electron chi connectivity index (χ1n) is 6.35. The molecule has 0 radical (unpaired) electrons. The number of aliphatic imine (C=N–C) groups is 1. The van der Waals surface area contributed by atoms with Gasteiger partial charge in [-0.05, 0) is 31.4 Å². The fourth-order valence-corrected chi connectivity index (χ4v) is 2.37. The highest BCUT2D eigenvalue weighted by molar-refractivity contribution is 6.10. The first-order valence-corrected chi connectivity index (χ1v) is 6.35. The number of Topliss-reactive ketones (excluding diaryl/α,β-unsaturated/α-hetero) is 1. The second-order valence-electron chi connectivity index (χ2n) is 4.83. The first-order chi connectivity index (χ1) is 9.15. The molecule has 0 N–H and O–H groups in total. The Labute approximate surface area is 113 Å². The second-order valence-corrected chi connectivity index (χ2v) is 4.83. The van der Waals surface area contributed by atoms with Crippen molar-refractivity contribution < 1.29 is 4.79 Å². The Hall–Kier alpha value is -2.21. The predicted molar refractivity (Wildman–Crippen MR) is 75.5 cm³/mol. The molecule has 0 spiro atoms. The van der Waals surface area contributed by atoms with Crippen molar-refractivity contribution in [2.24, 2.45) is 10.9 Å². The van der Waals surface area contributed by atoms with Gasteiger partial charge in [-0.25, -0.2) is 0 Å². The number of rotatable bonds is 3. The molecule has 1 saturated carbocycles. The van der Waals surface area contributed by atoms with Crippen LogP contribution in [0.5, 0.6) is 0 Å². The third kappa shape index (κ3) is 2.79. The van der Waals surface area contributed by atoms with Gasteiger partial charge in [0.15, 0.2) is 0 Å². The zero-order valence-electron chi connectivity index (χ0n) is 11.0. The van der Waals surface area contributed by atoms with Crippen molar-refractivity contribution in [1.82, 2.24) is 0 Å². The van der Waals surface area contributed by atoms with Gasteiger partial charge in [-0.2, -0.15) is 5.26 Å². The maximum absolute atomic E-state index is 11.8. The first kappa shape index (κ1) is 13.2. The molecule has 1 aliphatic rings. The summed E-state index contributed by atoms with van der Waals surface area (Å²) in [7, 11) is 0. The number of hydrogen-bond donors (Lipinski definition) is 0. The van der Waals surface area contributed by atoms with E-state index >= 15 is 0 Å². The highest BCUT2D eigenvalue weighted by Gasteiger charge is 2.28. The molecular weight excluding hydrogens is 236 g/mol. The molecule has 0 aliphatic heterocycles. The van der Waals surface area contributed by atoms with E-state index in [0.717, 1.165) is 11.3 Å². The lowest BCUT2D eigenvalue weighted by Crippen LogP contribution is -2.03. The van der Waals surface area contributed by atoms with Crippen molar-refractivity contribution in [2.45, 2.75) is 26.2 Å². The minimum atomic E-state index is 0.0193. The van der Waals surface area contributed by atoms with Crippen LogP contribution >= 0.6 is 0 Å². The van der Waals surface area contributed by atoms with Gasteiger partial charge in [0.25, 0.3) is 0 Å². The van der Waals surface area contributed by atoms with Crippen molar-refractivity contribution in [3.8, 4) is 6.07 Å². The molecular formula is C16H16N2O. The summed E-state index contributed by atoms with van der Waals surface area (Å²) in [5.74, 6) is 0.247. The highest BCUT2D eigenvalue weighted by atomic mass is 16.1. The number of aryl methyl sites for hydroxylation is 1. The second kappa shape index (κ2) is 5.62. The van der Waals surface area contributed by atoms with E-state index in [4.69, 9.17) is 5.26 Å². The average molecular weight is 252 g/mol. The number of allylic oxidation sites excluding steroid dienone is 1. The smallest absolute Gasteiger partial charge is 0.142 e. The lowest BCUT2D eigenvalue weighted by atomic mass is 10.0. The molecule has 1 aromatic rings. The summed E-state index contributed by atoms with van der Waals surface area (Å²) in [6.45, 7) is 5.60. The van der Waals surface area contributed by atoms with Crippen LogP contribution in [0.25, 0.3) is 0 Å².